The van der Waals surface area contributed by atoms with Crippen LogP contribution in [0.4, 0.5) is 24.5 Å². The summed E-state index contributed by atoms with van der Waals surface area (Å²) in [5, 5.41) is 21.3. The first-order valence-corrected chi connectivity index (χ1v) is 6.62. The summed E-state index contributed by atoms with van der Waals surface area (Å²) < 4.78 is 42.1. The van der Waals surface area contributed by atoms with Crippen LogP contribution in [-0.4, -0.2) is 33.1 Å². The van der Waals surface area contributed by atoms with Crippen LogP contribution in [0.15, 0.2) is 36.5 Å². The zero-order valence-corrected chi connectivity index (χ0v) is 12.5. The van der Waals surface area contributed by atoms with Crippen molar-refractivity contribution in [3.05, 3.63) is 52.3 Å². The van der Waals surface area contributed by atoms with Crippen molar-refractivity contribution in [2.24, 2.45) is 0 Å². The Bertz CT molecular complexity index is 884. The highest BCUT2D eigenvalue weighted by Crippen LogP contribution is 2.32. The molecule has 0 aliphatic heterocycles. The van der Waals surface area contributed by atoms with Gasteiger partial charge in [0, 0.05) is 12.3 Å². The number of nitrogens with zero attached hydrogens (tertiary/aromatic N) is 2. The van der Waals surface area contributed by atoms with E-state index in [0.29, 0.717) is 0 Å². The second kappa shape index (κ2) is 7.04. The van der Waals surface area contributed by atoms with Gasteiger partial charge in [0.05, 0.1) is 11.0 Å². The van der Waals surface area contributed by atoms with Gasteiger partial charge in [0.2, 0.25) is 0 Å². The highest BCUT2D eigenvalue weighted by Gasteiger charge is 2.39. The lowest BCUT2D eigenvalue weighted by molar-refractivity contribution is -0.384. The van der Waals surface area contributed by atoms with Gasteiger partial charge in [0.1, 0.15) is 17.2 Å². The molecule has 0 atom stereocenters. The second-order valence-corrected chi connectivity index (χ2v) is 4.67. The highest BCUT2D eigenvalue weighted by atomic mass is 19.4. The number of benzene rings is 1. The van der Waals surface area contributed by atoms with Crippen LogP contribution in [0.5, 0.6) is 11.5 Å². The molecule has 26 heavy (non-hydrogen) atoms. The van der Waals surface area contributed by atoms with Crippen LogP contribution < -0.4 is 10.1 Å². The number of carbonyl (C=O) groups is 2. The number of carboxylic acid groups (broad SMARTS) is 1. The highest BCUT2D eigenvalue weighted by molar-refractivity contribution is 5.96. The van der Waals surface area contributed by atoms with E-state index in [1.165, 1.54) is 11.4 Å². The third-order valence-electron chi connectivity index (χ3n) is 2.86. The number of hydrogen-bond donors (Lipinski definition) is 2. The van der Waals surface area contributed by atoms with E-state index in [4.69, 9.17) is 9.84 Å². The first-order chi connectivity index (χ1) is 12.1. The Morgan fingerprint density at radius 3 is 2.42 bits per heavy atom. The molecule has 0 radical (unpaired) electrons. The van der Waals surface area contributed by atoms with Gasteiger partial charge < -0.3 is 15.2 Å². The number of carboxylic acids is 1. The quantitative estimate of drug-likeness (QED) is 0.610. The molecule has 12 heteroatoms. The molecular weight excluding hydrogens is 363 g/mol. The van der Waals surface area contributed by atoms with Gasteiger partial charge >= 0.3 is 18.1 Å². The number of alkyl halides is 3. The normalized spacial score (nSPS) is 10.9. The van der Waals surface area contributed by atoms with E-state index in [9.17, 15) is 32.9 Å². The Balaban J connectivity index is 2.31. The minimum absolute atomic E-state index is 0.0150. The number of rotatable bonds is 5. The van der Waals surface area contributed by atoms with Crippen LogP contribution in [0.2, 0.25) is 0 Å². The molecule has 0 aliphatic carbocycles. The topological polar surface area (TPSA) is 132 Å². The van der Waals surface area contributed by atoms with Crippen molar-refractivity contribution in [2.75, 3.05) is 5.32 Å². The van der Waals surface area contributed by atoms with Gasteiger partial charge in [-0.3, -0.25) is 14.9 Å². The number of nitro groups is 1. The Hall–Kier alpha value is -3.70. The molecule has 2 N–H and O–H groups in total. The average Bonchev–Trinajstić information content (AvgIpc) is 2.55. The van der Waals surface area contributed by atoms with Crippen LogP contribution in [0.3, 0.4) is 0 Å². The second-order valence-electron chi connectivity index (χ2n) is 4.67. The summed E-state index contributed by atoms with van der Waals surface area (Å²) in [6, 6.07) is 5.04. The molecule has 9 nitrogen and oxygen atoms in total. The lowest BCUT2D eigenvalue weighted by Gasteiger charge is -2.10. The van der Waals surface area contributed by atoms with Crippen molar-refractivity contribution in [1.29, 1.82) is 0 Å². The average molecular weight is 371 g/mol. The first kappa shape index (κ1) is 18.6. The third-order valence-corrected chi connectivity index (χ3v) is 2.86. The van der Waals surface area contributed by atoms with Crippen molar-refractivity contribution >= 4 is 23.3 Å². The van der Waals surface area contributed by atoms with Gasteiger partial charge in [0.15, 0.2) is 5.69 Å². The fraction of sp³-hybridized carbons (Fsp3) is 0.0714. The number of hydrogen-bond acceptors (Lipinski definition) is 6. The van der Waals surface area contributed by atoms with Crippen molar-refractivity contribution in [3.63, 3.8) is 0 Å². The van der Waals surface area contributed by atoms with E-state index in [1.54, 1.807) is 0 Å². The molecule has 1 heterocycles. The molecule has 1 amide bonds. The summed E-state index contributed by atoms with van der Waals surface area (Å²) >= 11 is 0. The van der Waals surface area contributed by atoms with Gasteiger partial charge in [-0.05, 0) is 18.2 Å². The maximum Gasteiger partial charge on any atom is 0.471 e. The summed E-state index contributed by atoms with van der Waals surface area (Å²) in [7, 11) is 0. The molecule has 2 rings (SSSR count). The van der Waals surface area contributed by atoms with E-state index >= 15 is 0 Å². The molecule has 0 aliphatic rings. The predicted molar refractivity (Wildman–Crippen MR) is 79.1 cm³/mol. The van der Waals surface area contributed by atoms with Gasteiger partial charge in [-0.1, -0.05) is 0 Å². The van der Waals surface area contributed by atoms with Gasteiger partial charge in [-0.15, -0.1) is 0 Å². The summed E-state index contributed by atoms with van der Waals surface area (Å²) in [6.07, 6.45) is -4.08. The number of aromatic carboxylic acids is 1. The third kappa shape index (κ3) is 4.43. The molecule has 0 unspecified atom stereocenters. The lowest BCUT2D eigenvalue weighted by atomic mass is 10.2. The summed E-state index contributed by atoms with van der Waals surface area (Å²) in [6.45, 7) is 0. The summed E-state index contributed by atoms with van der Waals surface area (Å²) in [5.74, 6) is -3.87. The Labute approximate surface area is 142 Å². The van der Waals surface area contributed by atoms with Crippen molar-refractivity contribution in [3.8, 4) is 11.5 Å². The smallest absolute Gasteiger partial charge is 0.471 e. The van der Waals surface area contributed by atoms with Gasteiger partial charge in [-0.2, -0.15) is 13.2 Å². The predicted octanol–water partition coefficient (Wildman–Crippen LogP) is 2.98. The zero-order valence-electron chi connectivity index (χ0n) is 12.5. The number of anilines is 1. The Morgan fingerprint density at radius 2 is 1.85 bits per heavy atom. The number of aromatic nitrogens is 1. The Kier molecular flexibility index (Phi) is 5.05. The molecule has 2 aromatic rings. The van der Waals surface area contributed by atoms with Crippen LogP contribution >= 0.6 is 0 Å². The molecular formula is C14H8F3N3O6. The van der Waals surface area contributed by atoms with Crippen molar-refractivity contribution < 1.29 is 37.5 Å². The zero-order chi connectivity index (χ0) is 19.5. The molecule has 1 aromatic heterocycles. The van der Waals surface area contributed by atoms with E-state index in [1.807, 2.05) is 0 Å². The minimum Gasteiger partial charge on any atom is -0.477 e. The minimum atomic E-state index is -5.21. The van der Waals surface area contributed by atoms with Gasteiger partial charge in [-0.25, -0.2) is 9.78 Å². The SMILES string of the molecule is O=C(O)c1cc(Oc2ccc(NC(=O)C(F)(F)F)c([N+](=O)[O-])c2)ccn1. The molecule has 136 valence electrons. The number of carbonyl (C=O) groups excluding carboxylic acids is 1. The van der Waals surface area contributed by atoms with E-state index < -0.39 is 34.4 Å². The molecule has 0 bridgehead atoms. The van der Waals surface area contributed by atoms with Crippen molar-refractivity contribution in [1.82, 2.24) is 4.98 Å². The molecule has 1 aromatic carbocycles. The van der Waals surface area contributed by atoms with Crippen LogP contribution in [0, 0.1) is 10.1 Å². The largest absolute Gasteiger partial charge is 0.477 e. The number of halogens is 3. The molecule has 0 fully saturated rings. The molecule has 0 spiro atoms. The number of nitro benzene ring substituents is 1. The van der Waals surface area contributed by atoms with Crippen LogP contribution in [0.25, 0.3) is 0 Å². The number of pyridine rings is 1. The standard InChI is InChI=1S/C14H8F3N3O6/c15-14(16,17)13(23)19-9-2-1-7(6-11(9)20(24)25)26-8-3-4-18-10(5-8)12(21)22/h1-6H,(H,19,23)(H,21,22). The molecule has 0 saturated heterocycles. The van der Waals surface area contributed by atoms with E-state index in [0.717, 1.165) is 30.5 Å². The maximum atomic E-state index is 12.3. The Morgan fingerprint density at radius 1 is 1.19 bits per heavy atom. The number of amides is 1. The fourth-order valence-electron chi connectivity index (χ4n) is 1.75. The van der Waals surface area contributed by atoms with E-state index in [2.05, 4.69) is 4.98 Å². The monoisotopic (exact) mass is 371 g/mol. The lowest BCUT2D eigenvalue weighted by Crippen LogP contribution is -2.30. The van der Waals surface area contributed by atoms with Crippen LogP contribution in [0.1, 0.15) is 10.5 Å². The summed E-state index contributed by atoms with van der Waals surface area (Å²) in [4.78, 5) is 35.4. The number of ether oxygens (including phenoxy) is 1. The van der Waals surface area contributed by atoms with E-state index in [-0.39, 0.29) is 17.2 Å². The number of nitrogens with one attached hydrogen (secondary N) is 1. The fourth-order valence-corrected chi connectivity index (χ4v) is 1.75. The first-order valence-electron chi connectivity index (χ1n) is 6.62. The van der Waals surface area contributed by atoms with Gasteiger partial charge in [0.25, 0.3) is 5.69 Å². The maximum absolute atomic E-state index is 12.3. The summed E-state index contributed by atoms with van der Waals surface area (Å²) in [5.41, 5.74) is -1.86. The van der Waals surface area contributed by atoms with Crippen molar-refractivity contribution in [2.45, 2.75) is 6.18 Å². The van der Waals surface area contributed by atoms with Crippen LogP contribution in [-0.2, 0) is 4.79 Å². The molecule has 0 saturated carbocycles.